The molecule has 0 aliphatic carbocycles. The Bertz CT molecular complexity index is 291. The zero-order valence-electron chi connectivity index (χ0n) is 9.56. The average Bonchev–Trinajstić information content (AvgIpc) is 2.53. The number of urea groups is 1. The standard InChI is InChI=1S/C10H18N2O4/c1-10(2)4-3-5-12(10)9(16)11-6-7(13)8(14)15/h7,13H,3-6H2,1-2H3,(H,11,16)(H,14,15)/t7-/m0/s1. The Morgan fingerprint density at radius 2 is 2.12 bits per heavy atom. The minimum atomic E-state index is -1.55. The lowest BCUT2D eigenvalue weighted by Gasteiger charge is -2.31. The number of likely N-dealkylation sites (tertiary alicyclic amines) is 1. The van der Waals surface area contributed by atoms with Gasteiger partial charge in [-0.25, -0.2) is 9.59 Å². The van der Waals surface area contributed by atoms with Crippen LogP contribution >= 0.6 is 0 Å². The van der Waals surface area contributed by atoms with Crippen LogP contribution < -0.4 is 5.32 Å². The summed E-state index contributed by atoms with van der Waals surface area (Å²) in [6, 6.07) is -0.317. The van der Waals surface area contributed by atoms with E-state index in [0.717, 1.165) is 12.8 Å². The maximum absolute atomic E-state index is 11.7. The maximum atomic E-state index is 11.7. The number of hydrogen-bond acceptors (Lipinski definition) is 3. The van der Waals surface area contributed by atoms with Crippen molar-refractivity contribution in [3.05, 3.63) is 0 Å². The molecule has 1 rings (SSSR count). The fraction of sp³-hybridized carbons (Fsp3) is 0.800. The Balaban J connectivity index is 2.44. The molecule has 6 nitrogen and oxygen atoms in total. The fourth-order valence-corrected chi connectivity index (χ4v) is 1.85. The van der Waals surface area contributed by atoms with Crippen LogP contribution in [0, 0.1) is 0 Å². The number of hydrogen-bond donors (Lipinski definition) is 3. The maximum Gasteiger partial charge on any atom is 0.334 e. The van der Waals surface area contributed by atoms with E-state index in [1.54, 1.807) is 4.90 Å². The van der Waals surface area contributed by atoms with E-state index in [1.807, 2.05) is 13.8 Å². The second-order valence-electron chi connectivity index (χ2n) is 4.61. The van der Waals surface area contributed by atoms with Crippen molar-refractivity contribution in [2.75, 3.05) is 13.1 Å². The summed E-state index contributed by atoms with van der Waals surface area (Å²) in [5.41, 5.74) is -0.196. The van der Waals surface area contributed by atoms with Gasteiger partial charge >= 0.3 is 12.0 Å². The van der Waals surface area contributed by atoms with Crippen LogP contribution in [0.4, 0.5) is 4.79 Å². The van der Waals surface area contributed by atoms with Crippen molar-refractivity contribution in [1.82, 2.24) is 10.2 Å². The van der Waals surface area contributed by atoms with Crippen LogP contribution in [-0.4, -0.2) is 51.8 Å². The largest absolute Gasteiger partial charge is 0.479 e. The molecule has 1 saturated heterocycles. The highest BCUT2D eigenvalue weighted by Crippen LogP contribution is 2.27. The summed E-state index contributed by atoms with van der Waals surface area (Å²) in [4.78, 5) is 23.7. The molecule has 92 valence electrons. The number of nitrogens with zero attached hydrogens (tertiary/aromatic N) is 1. The minimum absolute atomic E-state index is 0.196. The van der Waals surface area contributed by atoms with E-state index in [0.29, 0.717) is 6.54 Å². The molecule has 6 heteroatoms. The Morgan fingerprint density at radius 3 is 2.56 bits per heavy atom. The molecule has 0 aromatic rings. The summed E-state index contributed by atoms with van der Waals surface area (Å²) in [6.45, 7) is 4.34. The molecule has 1 fully saturated rings. The minimum Gasteiger partial charge on any atom is -0.479 e. The topological polar surface area (TPSA) is 89.9 Å². The number of nitrogens with one attached hydrogen (secondary N) is 1. The van der Waals surface area contributed by atoms with Gasteiger partial charge in [-0.3, -0.25) is 0 Å². The lowest BCUT2D eigenvalue weighted by Crippen LogP contribution is -2.50. The summed E-state index contributed by atoms with van der Waals surface area (Å²) in [5, 5.41) is 19.9. The highest BCUT2D eigenvalue weighted by molar-refractivity contribution is 5.77. The normalized spacial score (nSPS) is 20.6. The van der Waals surface area contributed by atoms with Gasteiger partial charge in [0.2, 0.25) is 0 Å². The van der Waals surface area contributed by atoms with Gasteiger partial charge in [0.25, 0.3) is 0 Å². The molecule has 0 aromatic carbocycles. The number of aliphatic hydroxyl groups excluding tert-OH is 1. The average molecular weight is 230 g/mol. The summed E-state index contributed by atoms with van der Waals surface area (Å²) in [7, 11) is 0. The molecule has 1 heterocycles. The van der Waals surface area contributed by atoms with Crippen LogP contribution in [-0.2, 0) is 4.79 Å². The summed E-state index contributed by atoms with van der Waals surface area (Å²) in [6.07, 6.45) is 0.332. The van der Waals surface area contributed by atoms with E-state index in [1.165, 1.54) is 0 Å². The van der Waals surface area contributed by atoms with E-state index in [9.17, 15) is 9.59 Å². The van der Waals surface area contributed by atoms with E-state index in [2.05, 4.69) is 5.32 Å². The summed E-state index contributed by atoms with van der Waals surface area (Å²) in [5.74, 6) is -1.33. The quantitative estimate of drug-likeness (QED) is 0.637. The van der Waals surface area contributed by atoms with Gasteiger partial charge < -0.3 is 20.4 Å². The molecule has 2 amide bonds. The van der Waals surface area contributed by atoms with Crippen molar-refractivity contribution >= 4 is 12.0 Å². The summed E-state index contributed by atoms with van der Waals surface area (Å²) < 4.78 is 0. The van der Waals surface area contributed by atoms with Crippen LogP contribution in [0.2, 0.25) is 0 Å². The van der Waals surface area contributed by atoms with Gasteiger partial charge in [-0.05, 0) is 26.7 Å². The van der Waals surface area contributed by atoms with E-state index in [4.69, 9.17) is 10.2 Å². The SMILES string of the molecule is CC1(C)CCCN1C(=O)NC[C@H](O)C(=O)O. The molecule has 0 spiro atoms. The zero-order valence-corrected chi connectivity index (χ0v) is 9.56. The number of aliphatic carboxylic acids is 1. The van der Waals surface area contributed by atoms with Gasteiger partial charge in [0, 0.05) is 12.1 Å². The number of aliphatic hydroxyl groups is 1. The number of carbonyl (C=O) groups excluding carboxylic acids is 1. The number of carbonyl (C=O) groups is 2. The molecule has 1 aliphatic rings. The van der Waals surface area contributed by atoms with Crippen molar-refractivity contribution in [3.8, 4) is 0 Å². The van der Waals surface area contributed by atoms with Crippen LogP contribution in [0.5, 0.6) is 0 Å². The first-order chi connectivity index (χ1) is 7.34. The van der Waals surface area contributed by atoms with Gasteiger partial charge in [0.1, 0.15) is 0 Å². The Morgan fingerprint density at radius 1 is 1.50 bits per heavy atom. The fourth-order valence-electron chi connectivity index (χ4n) is 1.85. The Kier molecular flexibility index (Phi) is 3.74. The lowest BCUT2D eigenvalue weighted by molar-refractivity contribution is -0.146. The van der Waals surface area contributed by atoms with Gasteiger partial charge in [-0.2, -0.15) is 0 Å². The molecule has 16 heavy (non-hydrogen) atoms. The van der Waals surface area contributed by atoms with Crippen molar-refractivity contribution < 1.29 is 19.8 Å². The highest BCUT2D eigenvalue weighted by Gasteiger charge is 2.35. The molecule has 0 unspecified atom stereocenters. The van der Waals surface area contributed by atoms with Crippen molar-refractivity contribution in [2.24, 2.45) is 0 Å². The third-order valence-corrected chi connectivity index (χ3v) is 2.88. The third kappa shape index (κ3) is 2.85. The smallest absolute Gasteiger partial charge is 0.334 e. The van der Waals surface area contributed by atoms with Crippen LogP contribution in [0.1, 0.15) is 26.7 Å². The molecule has 1 atom stereocenters. The van der Waals surface area contributed by atoms with Crippen LogP contribution in [0.3, 0.4) is 0 Å². The second kappa shape index (κ2) is 4.69. The molecule has 0 bridgehead atoms. The summed E-state index contributed by atoms with van der Waals surface area (Å²) >= 11 is 0. The predicted octanol–water partition coefficient (Wildman–Crippen LogP) is 0.0159. The molecular weight excluding hydrogens is 212 g/mol. The molecular formula is C10H18N2O4. The highest BCUT2D eigenvalue weighted by atomic mass is 16.4. The van der Waals surface area contributed by atoms with Gasteiger partial charge in [0.05, 0.1) is 6.54 Å². The monoisotopic (exact) mass is 230 g/mol. The number of carboxylic acid groups (broad SMARTS) is 1. The first-order valence-corrected chi connectivity index (χ1v) is 5.31. The lowest BCUT2D eigenvalue weighted by atomic mass is 10.0. The van der Waals surface area contributed by atoms with E-state index in [-0.39, 0.29) is 18.1 Å². The van der Waals surface area contributed by atoms with Crippen LogP contribution in [0.15, 0.2) is 0 Å². The van der Waals surface area contributed by atoms with Crippen molar-refractivity contribution in [3.63, 3.8) is 0 Å². The third-order valence-electron chi connectivity index (χ3n) is 2.88. The van der Waals surface area contributed by atoms with Gasteiger partial charge in [0.15, 0.2) is 6.10 Å². The van der Waals surface area contributed by atoms with Gasteiger partial charge in [-0.1, -0.05) is 0 Å². The second-order valence-corrected chi connectivity index (χ2v) is 4.61. The number of carboxylic acids is 1. The van der Waals surface area contributed by atoms with Gasteiger partial charge in [-0.15, -0.1) is 0 Å². The Labute approximate surface area is 94.2 Å². The van der Waals surface area contributed by atoms with Crippen molar-refractivity contribution in [1.29, 1.82) is 0 Å². The molecule has 1 aliphatic heterocycles. The predicted molar refractivity (Wildman–Crippen MR) is 57.1 cm³/mol. The van der Waals surface area contributed by atoms with Crippen molar-refractivity contribution in [2.45, 2.75) is 38.3 Å². The molecule has 3 N–H and O–H groups in total. The molecule has 0 aromatic heterocycles. The number of rotatable bonds is 3. The van der Waals surface area contributed by atoms with Crippen LogP contribution in [0.25, 0.3) is 0 Å². The Hall–Kier alpha value is -1.30. The first-order valence-electron chi connectivity index (χ1n) is 5.31. The number of amides is 2. The molecule has 0 saturated carbocycles. The first kappa shape index (κ1) is 12.8. The van der Waals surface area contributed by atoms with E-state index >= 15 is 0 Å². The molecule has 0 radical (unpaired) electrons. The zero-order chi connectivity index (χ0) is 12.3. The van der Waals surface area contributed by atoms with E-state index < -0.39 is 12.1 Å².